The summed E-state index contributed by atoms with van der Waals surface area (Å²) in [6.07, 6.45) is 5.06. The minimum absolute atomic E-state index is 0.0119. The van der Waals surface area contributed by atoms with Gasteiger partial charge < -0.3 is 25.8 Å². The molecule has 1 spiro atoms. The molecule has 2 aromatic carbocycles. The van der Waals surface area contributed by atoms with Crippen molar-refractivity contribution in [3.63, 3.8) is 0 Å². The Hall–Kier alpha value is -4.65. The van der Waals surface area contributed by atoms with Crippen LogP contribution in [0.5, 0.6) is 0 Å². The average Bonchev–Trinajstić information content (AvgIpc) is 3.65. The van der Waals surface area contributed by atoms with E-state index < -0.39 is 11.3 Å². The molecule has 0 radical (unpaired) electrons. The van der Waals surface area contributed by atoms with E-state index in [-0.39, 0.29) is 56.0 Å². The van der Waals surface area contributed by atoms with Crippen LogP contribution < -0.4 is 16.0 Å². The summed E-state index contributed by atoms with van der Waals surface area (Å²) < 4.78 is 27.4. The third kappa shape index (κ3) is 6.82. The monoisotopic (exact) mass is 659 g/mol. The van der Waals surface area contributed by atoms with E-state index in [1.807, 2.05) is 29.2 Å². The third-order valence-corrected chi connectivity index (χ3v) is 10.1. The number of aliphatic imine (C=N–C) groups is 1. The van der Waals surface area contributed by atoms with E-state index in [2.05, 4.69) is 21.3 Å². The van der Waals surface area contributed by atoms with Gasteiger partial charge >= 0.3 is 0 Å². The van der Waals surface area contributed by atoms with Crippen LogP contribution in [0, 0.1) is 16.2 Å². The Morgan fingerprint density at radius 3 is 2.42 bits per heavy atom. The minimum atomic E-state index is -2.71. The fourth-order valence-corrected chi connectivity index (χ4v) is 7.18. The lowest BCUT2D eigenvalue weighted by molar-refractivity contribution is -0.132. The molecule has 4 aliphatic heterocycles. The third-order valence-electron chi connectivity index (χ3n) is 10.1. The number of nitrogens with two attached hydrogens (primary N) is 1. The van der Waals surface area contributed by atoms with Crippen molar-refractivity contribution < 1.29 is 18.4 Å². The van der Waals surface area contributed by atoms with E-state index in [1.165, 1.54) is 11.9 Å². The summed E-state index contributed by atoms with van der Waals surface area (Å²) in [5.41, 5.74) is 10.1. The first kappa shape index (κ1) is 33.3. The average molecular weight is 660 g/mol. The van der Waals surface area contributed by atoms with Crippen LogP contribution in [0.4, 0.5) is 20.2 Å². The van der Waals surface area contributed by atoms with Crippen LogP contribution in [0.1, 0.15) is 48.8 Å². The van der Waals surface area contributed by atoms with Crippen molar-refractivity contribution in [3.8, 4) is 0 Å². The maximum absolute atomic E-state index is 13.9. The number of nitrogens with zero attached hydrogens (tertiary/aromatic N) is 5. The lowest BCUT2D eigenvalue weighted by Gasteiger charge is -2.34. The van der Waals surface area contributed by atoms with Crippen molar-refractivity contribution >= 4 is 46.8 Å². The standard InChI is InChI=1S/C35H43F2N9O2/c1-41-23-42-31(39)26-4-2-24(3-5-26)25-8-14-44(15-9-25)30(47)21-43-16-10-34(22-43)11-19-46(33(34)48)27-6-7-29(38)28(20-27)32(40)45-17-12-35(36,37)13-18-45/h2-8,20,23,40H,9-19,21-22,38H2,1H3,(H2,39,41,42)/t34-/m0/s1. The molecule has 5 N–H and O–H groups in total. The molecular weight excluding hydrogens is 616 g/mol. The maximum atomic E-state index is 13.9. The highest BCUT2D eigenvalue weighted by molar-refractivity contribution is 6.05. The summed E-state index contributed by atoms with van der Waals surface area (Å²) in [6, 6.07) is 12.9. The second kappa shape index (κ2) is 13.5. The number of hydrogen-bond donors (Lipinski definition) is 4. The molecule has 4 aliphatic rings. The quantitative estimate of drug-likeness (QED) is 0.203. The van der Waals surface area contributed by atoms with Crippen LogP contribution in [-0.4, -0.2) is 110 Å². The largest absolute Gasteiger partial charge is 0.398 e. The smallest absolute Gasteiger partial charge is 0.251 e. The number of rotatable bonds is 7. The number of nitrogens with one attached hydrogen (secondary N) is 3. The Labute approximate surface area is 279 Å². The molecule has 1 atom stereocenters. The zero-order chi connectivity index (χ0) is 34.1. The van der Waals surface area contributed by atoms with Crippen molar-refractivity contribution in [2.75, 3.05) is 70.0 Å². The number of alkyl halides is 2. The molecule has 0 unspecified atom stereocenters. The molecule has 0 saturated carbocycles. The van der Waals surface area contributed by atoms with Crippen molar-refractivity contribution in [1.29, 1.82) is 10.8 Å². The molecule has 2 aromatic rings. The van der Waals surface area contributed by atoms with Crippen molar-refractivity contribution in [2.24, 2.45) is 10.4 Å². The number of amides is 2. The number of anilines is 2. The van der Waals surface area contributed by atoms with Crippen molar-refractivity contribution in [1.82, 2.24) is 20.0 Å². The van der Waals surface area contributed by atoms with Crippen LogP contribution in [0.2, 0.25) is 0 Å². The molecule has 48 heavy (non-hydrogen) atoms. The molecule has 3 saturated heterocycles. The first-order valence-corrected chi connectivity index (χ1v) is 16.5. The lowest BCUT2D eigenvalue weighted by Crippen LogP contribution is -2.43. The SMILES string of the molecule is CN/C=N\C(=N)c1ccc(C2=CCN(C(=O)CN3CC[C@]4(CCN(c5ccc(N)c(C(=N)N6CCC(F)(F)CC6)c5)C4=O)C3)CC2)cc1. The van der Waals surface area contributed by atoms with Crippen molar-refractivity contribution in [2.45, 2.75) is 38.0 Å². The number of benzene rings is 2. The topological polar surface area (TPSA) is 145 Å². The molecule has 3 fully saturated rings. The van der Waals surface area contributed by atoms with Crippen LogP contribution in [0.3, 0.4) is 0 Å². The molecule has 11 nitrogen and oxygen atoms in total. The highest BCUT2D eigenvalue weighted by atomic mass is 19.3. The number of carbonyl (C=O) groups is 2. The van der Waals surface area contributed by atoms with Gasteiger partial charge in [0.2, 0.25) is 11.8 Å². The molecule has 2 amide bonds. The molecule has 0 aliphatic carbocycles. The van der Waals surface area contributed by atoms with Gasteiger partial charge in [-0.05, 0) is 55.1 Å². The fraction of sp³-hybridized carbons (Fsp3) is 0.457. The lowest BCUT2D eigenvalue weighted by atomic mass is 9.85. The molecule has 6 rings (SSSR count). The van der Waals surface area contributed by atoms with Crippen LogP contribution in [0.25, 0.3) is 5.57 Å². The Kier molecular flexibility index (Phi) is 9.33. The Morgan fingerprint density at radius 2 is 1.73 bits per heavy atom. The number of piperidine rings is 1. The Bertz CT molecular complexity index is 1650. The van der Waals surface area contributed by atoms with Crippen molar-refractivity contribution in [3.05, 3.63) is 65.2 Å². The zero-order valence-corrected chi connectivity index (χ0v) is 27.3. The molecule has 0 bridgehead atoms. The number of nitrogen functional groups attached to an aromatic ring is 1. The van der Waals surface area contributed by atoms with Gasteiger partial charge in [0.05, 0.1) is 18.3 Å². The van der Waals surface area contributed by atoms with E-state index in [0.29, 0.717) is 62.5 Å². The van der Waals surface area contributed by atoms with Gasteiger partial charge in [-0.15, -0.1) is 0 Å². The summed E-state index contributed by atoms with van der Waals surface area (Å²) in [4.78, 5) is 38.5. The van der Waals surface area contributed by atoms with Gasteiger partial charge in [-0.2, -0.15) is 0 Å². The van der Waals surface area contributed by atoms with Crippen LogP contribution in [0.15, 0.2) is 53.5 Å². The van der Waals surface area contributed by atoms with Gasteiger partial charge in [0.1, 0.15) is 5.84 Å². The van der Waals surface area contributed by atoms with E-state index in [9.17, 15) is 18.4 Å². The van der Waals surface area contributed by atoms with Gasteiger partial charge in [-0.1, -0.05) is 30.3 Å². The minimum Gasteiger partial charge on any atom is -0.398 e. The van der Waals surface area contributed by atoms with Crippen LogP contribution >= 0.6 is 0 Å². The highest BCUT2D eigenvalue weighted by Crippen LogP contribution is 2.43. The Morgan fingerprint density at radius 1 is 1.00 bits per heavy atom. The van der Waals surface area contributed by atoms with E-state index in [0.717, 1.165) is 17.5 Å². The molecule has 13 heteroatoms. The molecule has 0 aromatic heterocycles. The van der Waals surface area contributed by atoms with Gasteiger partial charge in [-0.3, -0.25) is 25.3 Å². The second-order valence-corrected chi connectivity index (χ2v) is 13.2. The normalized spacial score (nSPS) is 22.9. The number of carbonyl (C=O) groups excluding carboxylic acids is 2. The second-order valence-electron chi connectivity index (χ2n) is 13.2. The Balaban J connectivity index is 1.03. The highest BCUT2D eigenvalue weighted by Gasteiger charge is 2.51. The van der Waals surface area contributed by atoms with E-state index in [1.54, 1.807) is 35.0 Å². The summed E-state index contributed by atoms with van der Waals surface area (Å²) in [5, 5.41) is 19.5. The predicted molar refractivity (Wildman–Crippen MR) is 184 cm³/mol. The van der Waals surface area contributed by atoms with E-state index >= 15 is 0 Å². The summed E-state index contributed by atoms with van der Waals surface area (Å²) >= 11 is 0. The molecule has 4 heterocycles. The van der Waals surface area contributed by atoms with Gasteiger partial charge in [0.15, 0.2) is 5.84 Å². The fourth-order valence-electron chi connectivity index (χ4n) is 7.18. The van der Waals surface area contributed by atoms with Crippen LogP contribution in [-0.2, 0) is 9.59 Å². The number of amidine groups is 2. The number of likely N-dealkylation sites (tertiary alicyclic amines) is 2. The first-order valence-electron chi connectivity index (χ1n) is 16.5. The van der Waals surface area contributed by atoms with E-state index in [4.69, 9.17) is 16.6 Å². The molecule has 254 valence electrons. The summed E-state index contributed by atoms with van der Waals surface area (Å²) in [5.74, 6) is -2.37. The first-order chi connectivity index (χ1) is 23.0. The number of halogens is 2. The van der Waals surface area contributed by atoms with Gasteiger partial charge in [0.25, 0.3) is 5.92 Å². The summed E-state index contributed by atoms with van der Waals surface area (Å²) in [7, 11) is 1.73. The van der Waals surface area contributed by atoms with Gasteiger partial charge in [-0.25, -0.2) is 13.8 Å². The maximum Gasteiger partial charge on any atom is 0.251 e. The number of hydrogen-bond acceptors (Lipinski definition) is 6. The predicted octanol–water partition coefficient (Wildman–Crippen LogP) is 3.64. The molecular formula is C35H43F2N9O2. The van der Waals surface area contributed by atoms with Gasteiger partial charge in [0, 0.05) is 81.7 Å². The zero-order valence-electron chi connectivity index (χ0n) is 27.3. The summed E-state index contributed by atoms with van der Waals surface area (Å²) in [6.45, 7) is 3.28.